The Morgan fingerprint density at radius 3 is 2.91 bits per heavy atom. The lowest BCUT2D eigenvalue weighted by atomic mass is 9.91. The van der Waals surface area contributed by atoms with Gasteiger partial charge in [0.25, 0.3) is 0 Å². The summed E-state index contributed by atoms with van der Waals surface area (Å²) in [5.74, 6) is -0.0781. The molecule has 102 valence electrons. The first-order chi connectivity index (χ1) is 10.8. The lowest BCUT2D eigenvalue weighted by Gasteiger charge is -2.13. The molecule has 2 aliphatic rings. The van der Waals surface area contributed by atoms with Crippen LogP contribution in [0.1, 0.15) is 16.1 Å². The molecule has 0 bridgehead atoms. The first-order valence-electron chi connectivity index (χ1n) is 7.14. The minimum absolute atomic E-state index is 0.0781. The highest BCUT2D eigenvalue weighted by Gasteiger charge is 2.20. The number of benzene rings is 2. The van der Waals surface area contributed by atoms with Gasteiger partial charge in [0.05, 0.1) is 6.20 Å². The van der Waals surface area contributed by atoms with Gasteiger partial charge < -0.3 is 0 Å². The maximum absolute atomic E-state index is 12.3. The van der Waals surface area contributed by atoms with Crippen molar-refractivity contribution in [2.75, 3.05) is 0 Å². The van der Waals surface area contributed by atoms with Crippen molar-refractivity contribution in [1.29, 1.82) is 0 Å². The van der Waals surface area contributed by atoms with Crippen LogP contribution in [-0.2, 0) is 0 Å². The number of fused-ring (bicyclic) bond motifs is 6. The van der Waals surface area contributed by atoms with E-state index in [1.54, 1.807) is 12.3 Å². The second-order valence-electron chi connectivity index (χ2n) is 5.56. The number of hydrogen-bond donors (Lipinski definition) is 0. The Morgan fingerprint density at radius 2 is 1.95 bits per heavy atom. The van der Waals surface area contributed by atoms with Gasteiger partial charge in [0.15, 0.2) is 0 Å². The Morgan fingerprint density at radius 1 is 1.00 bits per heavy atom. The van der Waals surface area contributed by atoms with E-state index in [1.165, 1.54) is 10.8 Å². The molecular formula is C19H10N2O. The molecule has 0 aliphatic heterocycles. The molecule has 0 saturated heterocycles. The maximum Gasteiger partial charge on any atom is 0.207 e. The van der Waals surface area contributed by atoms with E-state index in [2.05, 4.69) is 52.7 Å². The lowest BCUT2D eigenvalue weighted by Crippen LogP contribution is -2.20. The van der Waals surface area contributed by atoms with Gasteiger partial charge in [0.2, 0.25) is 5.78 Å². The summed E-state index contributed by atoms with van der Waals surface area (Å²) in [5, 5.41) is 12.2. The molecule has 2 aliphatic carbocycles. The van der Waals surface area contributed by atoms with Crippen LogP contribution in [0.2, 0.25) is 0 Å². The number of carbonyl (C=O) groups excluding carboxylic acids is 1. The molecule has 0 fully saturated rings. The number of carbonyl (C=O) groups is 1. The third-order valence-electron chi connectivity index (χ3n) is 4.34. The Bertz CT molecular complexity index is 1140. The molecule has 0 N–H and O–H groups in total. The van der Waals surface area contributed by atoms with Crippen molar-refractivity contribution < 1.29 is 4.79 Å². The number of hydrogen-bond acceptors (Lipinski definition) is 3. The summed E-state index contributed by atoms with van der Waals surface area (Å²) in [7, 11) is 0. The molecule has 2 aromatic carbocycles. The van der Waals surface area contributed by atoms with E-state index >= 15 is 0 Å². The Kier molecular flexibility index (Phi) is 2.09. The highest BCUT2D eigenvalue weighted by atomic mass is 16.1. The van der Waals surface area contributed by atoms with Gasteiger partial charge in [-0.05, 0) is 56.6 Å². The maximum atomic E-state index is 12.3. The second kappa shape index (κ2) is 3.98. The highest BCUT2D eigenvalue weighted by Crippen LogP contribution is 2.25. The van der Waals surface area contributed by atoms with Gasteiger partial charge in [-0.2, -0.15) is 5.10 Å². The number of ketones is 1. The molecule has 1 aromatic heterocycles. The number of Topliss-reactive ketones (excluding diaryl/α,β-unsaturated/α-hetero) is 1. The average molecular weight is 282 g/mol. The number of rotatable bonds is 0. The molecule has 0 atom stereocenters. The third-order valence-corrected chi connectivity index (χ3v) is 4.34. The largest absolute Gasteiger partial charge is 0.287 e. The Hall–Kier alpha value is -3.07. The smallest absolute Gasteiger partial charge is 0.207 e. The van der Waals surface area contributed by atoms with Crippen LogP contribution >= 0.6 is 0 Å². The molecule has 3 nitrogen and oxygen atoms in total. The van der Waals surface area contributed by atoms with Crippen molar-refractivity contribution in [2.45, 2.75) is 0 Å². The first-order valence-corrected chi connectivity index (χ1v) is 7.14. The van der Waals surface area contributed by atoms with Crippen molar-refractivity contribution in [2.24, 2.45) is 0 Å². The van der Waals surface area contributed by atoms with Crippen LogP contribution in [0.4, 0.5) is 0 Å². The average Bonchev–Trinajstić information content (AvgIpc) is 3.00. The summed E-state index contributed by atoms with van der Waals surface area (Å²) in [5.41, 5.74) is 3.56. The van der Waals surface area contributed by atoms with Crippen molar-refractivity contribution in [3.05, 3.63) is 64.3 Å². The normalized spacial score (nSPS) is 14.1. The summed E-state index contributed by atoms with van der Waals surface area (Å²) in [6.07, 6.45) is 9.57. The standard InChI is InChI=1S/C19H10N2O/c22-18-10-17-14(15-6-7-20-21-19(15)18)5-4-13-8-11-2-1-3-12(11)9-16(13)17/h1-10H. The van der Waals surface area contributed by atoms with E-state index in [0.717, 1.165) is 27.1 Å². The lowest BCUT2D eigenvalue weighted by molar-refractivity contribution is 0.105. The minimum Gasteiger partial charge on any atom is -0.287 e. The first kappa shape index (κ1) is 11.6. The van der Waals surface area contributed by atoms with E-state index < -0.39 is 0 Å². The highest BCUT2D eigenvalue weighted by molar-refractivity contribution is 6.22. The SMILES string of the molecule is O=C1C=c2c(ccc3cc4c(cc23)=CC=C4)-c2ccnnc21. The number of allylic oxidation sites excluding steroid dienone is 1. The van der Waals surface area contributed by atoms with Crippen LogP contribution < -0.4 is 10.4 Å². The number of nitrogens with zero attached hydrogens (tertiary/aromatic N) is 2. The molecule has 0 amide bonds. The van der Waals surface area contributed by atoms with Gasteiger partial charge >= 0.3 is 0 Å². The van der Waals surface area contributed by atoms with Crippen molar-refractivity contribution in [3.8, 4) is 11.1 Å². The predicted octanol–water partition coefficient (Wildman–Crippen LogP) is 2.08. The second-order valence-corrected chi connectivity index (χ2v) is 5.56. The number of aromatic nitrogens is 2. The van der Waals surface area contributed by atoms with Crippen LogP contribution in [0.5, 0.6) is 0 Å². The van der Waals surface area contributed by atoms with Gasteiger partial charge in [-0.3, -0.25) is 4.79 Å². The Labute approximate surface area is 125 Å². The molecule has 22 heavy (non-hydrogen) atoms. The molecule has 3 heteroatoms. The van der Waals surface area contributed by atoms with Gasteiger partial charge in [0, 0.05) is 5.56 Å². The van der Waals surface area contributed by atoms with Crippen molar-refractivity contribution in [1.82, 2.24) is 10.2 Å². The monoisotopic (exact) mass is 282 g/mol. The molecule has 0 radical (unpaired) electrons. The van der Waals surface area contributed by atoms with Crippen LogP contribution in [0.3, 0.4) is 0 Å². The molecule has 0 spiro atoms. The van der Waals surface area contributed by atoms with Crippen LogP contribution in [0.25, 0.3) is 40.1 Å². The van der Waals surface area contributed by atoms with Gasteiger partial charge in [-0.25, -0.2) is 0 Å². The molecule has 1 heterocycles. The molecular weight excluding hydrogens is 272 g/mol. The summed E-state index contributed by atoms with van der Waals surface area (Å²) in [4.78, 5) is 12.3. The van der Waals surface area contributed by atoms with Gasteiger partial charge in [-0.1, -0.05) is 30.4 Å². The fraction of sp³-hybridized carbons (Fsp3) is 0. The van der Waals surface area contributed by atoms with Crippen LogP contribution in [0, 0.1) is 0 Å². The molecule has 0 unspecified atom stereocenters. The molecule has 3 aromatic rings. The quantitative estimate of drug-likeness (QED) is 0.634. The summed E-state index contributed by atoms with van der Waals surface area (Å²) >= 11 is 0. The Balaban J connectivity index is 1.97. The fourth-order valence-corrected chi connectivity index (χ4v) is 3.29. The zero-order chi connectivity index (χ0) is 14.7. The summed E-state index contributed by atoms with van der Waals surface area (Å²) in [6.45, 7) is 0. The van der Waals surface area contributed by atoms with Crippen molar-refractivity contribution >= 4 is 34.8 Å². The molecule has 5 rings (SSSR count). The van der Waals surface area contributed by atoms with Gasteiger partial charge in [0.1, 0.15) is 5.69 Å². The van der Waals surface area contributed by atoms with E-state index in [0.29, 0.717) is 5.69 Å². The van der Waals surface area contributed by atoms with E-state index in [-0.39, 0.29) is 5.78 Å². The summed E-state index contributed by atoms with van der Waals surface area (Å²) < 4.78 is 0. The topological polar surface area (TPSA) is 42.9 Å². The zero-order valence-electron chi connectivity index (χ0n) is 11.6. The van der Waals surface area contributed by atoms with E-state index in [4.69, 9.17) is 0 Å². The minimum atomic E-state index is -0.0781. The zero-order valence-corrected chi connectivity index (χ0v) is 11.6. The fourth-order valence-electron chi connectivity index (χ4n) is 3.29. The van der Waals surface area contributed by atoms with Gasteiger partial charge in [-0.15, -0.1) is 5.10 Å². The van der Waals surface area contributed by atoms with Crippen LogP contribution in [-0.4, -0.2) is 16.0 Å². The summed E-state index contributed by atoms with van der Waals surface area (Å²) in [6, 6.07) is 10.4. The third kappa shape index (κ3) is 1.42. The van der Waals surface area contributed by atoms with Crippen molar-refractivity contribution in [3.63, 3.8) is 0 Å². The molecule has 0 saturated carbocycles. The van der Waals surface area contributed by atoms with E-state index in [9.17, 15) is 4.79 Å². The van der Waals surface area contributed by atoms with E-state index in [1.807, 2.05) is 6.07 Å². The predicted molar refractivity (Wildman–Crippen MR) is 86.5 cm³/mol. The van der Waals surface area contributed by atoms with Crippen LogP contribution in [0.15, 0.2) is 42.6 Å².